The summed E-state index contributed by atoms with van der Waals surface area (Å²) in [4.78, 5) is 9.49. The lowest BCUT2D eigenvalue weighted by molar-refractivity contribution is 0.0655. The van der Waals surface area contributed by atoms with Crippen molar-refractivity contribution < 1.29 is 5.11 Å². The van der Waals surface area contributed by atoms with E-state index in [-0.39, 0.29) is 0 Å². The van der Waals surface area contributed by atoms with Crippen LogP contribution in [0.4, 0.5) is 0 Å². The number of benzene rings is 1. The van der Waals surface area contributed by atoms with Gasteiger partial charge in [0, 0.05) is 11.4 Å². The van der Waals surface area contributed by atoms with Gasteiger partial charge in [0.2, 0.25) is 0 Å². The summed E-state index contributed by atoms with van der Waals surface area (Å²) < 4.78 is 1.71. The number of nitrogens with zero attached hydrogens (tertiary/aromatic N) is 4. The molecule has 0 radical (unpaired) electrons. The number of guanidine groups is 1. The Balaban J connectivity index is 1.61. The molecule has 0 saturated heterocycles. The zero-order valence-corrected chi connectivity index (χ0v) is 16.3. The molecule has 3 N–H and O–H groups in total. The fourth-order valence-corrected chi connectivity index (χ4v) is 3.32. The third kappa shape index (κ3) is 5.15. The quantitative estimate of drug-likeness (QED) is 0.430. The molecule has 0 spiro atoms. The highest BCUT2D eigenvalue weighted by Crippen LogP contribution is 2.24. The first-order valence-corrected chi connectivity index (χ1v) is 9.69. The van der Waals surface area contributed by atoms with Crippen molar-refractivity contribution in [3.63, 3.8) is 0 Å². The third-order valence-corrected chi connectivity index (χ3v) is 5.16. The summed E-state index contributed by atoms with van der Waals surface area (Å²) in [6.45, 7) is 5.48. The number of aliphatic hydroxyl groups is 1. The van der Waals surface area contributed by atoms with Crippen molar-refractivity contribution in [1.82, 2.24) is 25.4 Å². The van der Waals surface area contributed by atoms with Crippen LogP contribution >= 0.6 is 11.3 Å². The van der Waals surface area contributed by atoms with E-state index in [0.717, 1.165) is 22.7 Å². The molecule has 0 fully saturated rings. The third-order valence-electron chi connectivity index (χ3n) is 4.04. The summed E-state index contributed by atoms with van der Waals surface area (Å²) in [6, 6.07) is 11.9. The Morgan fingerprint density at radius 2 is 2.07 bits per heavy atom. The van der Waals surface area contributed by atoms with Crippen molar-refractivity contribution in [2.45, 2.75) is 26.0 Å². The van der Waals surface area contributed by atoms with Gasteiger partial charge in [0.1, 0.15) is 18.3 Å². The summed E-state index contributed by atoms with van der Waals surface area (Å²) >= 11 is 1.54. The molecule has 1 atom stereocenters. The number of nitrogens with one attached hydrogen (secondary N) is 2. The molecule has 0 bridgehead atoms. The van der Waals surface area contributed by atoms with Crippen molar-refractivity contribution >= 4 is 17.3 Å². The first-order valence-electron chi connectivity index (χ1n) is 8.81. The molecule has 0 aliphatic heterocycles. The summed E-state index contributed by atoms with van der Waals surface area (Å²) in [5.41, 5.74) is 1.10. The van der Waals surface area contributed by atoms with Crippen molar-refractivity contribution in [3.8, 4) is 5.69 Å². The highest BCUT2D eigenvalue weighted by Gasteiger charge is 2.24. The molecule has 0 amide bonds. The highest BCUT2D eigenvalue weighted by molar-refractivity contribution is 7.10. The van der Waals surface area contributed by atoms with Crippen LogP contribution in [-0.4, -0.2) is 38.9 Å². The van der Waals surface area contributed by atoms with Gasteiger partial charge in [-0.3, -0.25) is 0 Å². The van der Waals surface area contributed by atoms with Gasteiger partial charge in [-0.25, -0.2) is 14.7 Å². The molecule has 3 rings (SSSR count). The first kappa shape index (κ1) is 19.1. The fraction of sp³-hybridized carbons (Fsp3) is 0.316. The molecule has 27 heavy (non-hydrogen) atoms. The van der Waals surface area contributed by atoms with Crippen LogP contribution in [-0.2, 0) is 12.1 Å². The van der Waals surface area contributed by atoms with Gasteiger partial charge in [-0.1, -0.05) is 18.2 Å². The van der Waals surface area contributed by atoms with Gasteiger partial charge in [-0.05, 0) is 43.0 Å². The molecule has 0 saturated carbocycles. The molecular formula is C19H24N6OS. The van der Waals surface area contributed by atoms with Gasteiger partial charge in [0.15, 0.2) is 5.96 Å². The maximum absolute atomic E-state index is 10.6. The van der Waals surface area contributed by atoms with Crippen molar-refractivity contribution in [1.29, 1.82) is 0 Å². The molecule has 1 unspecified atom stereocenters. The minimum atomic E-state index is -0.941. The Morgan fingerprint density at radius 1 is 1.26 bits per heavy atom. The normalized spacial score (nSPS) is 14.0. The minimum Gasteiger partial charge on any atom is -0.383 e. The van der Waals surface area contributed by atoms with Gasteiger partial charge >= 0.3 is 0 Å². The monoisotopic (exact) mass is 384 g/mol. The second-order valence-corrected chi connectivity index (χ2v) is 7.25. The Bertz CT molecular complexity index is 841. The number of aliphatic imine (C=N–C) groups is 1. The van der Waals surface area contributed by atoms with E-state index in [4.69, 9.17) is 0 Å². The second kappa shape index (κ2) is 8.79. The minimum absolute atomic E-state index is 0.380. The topological polar surface area (TPSA) is 87.4 Å². The maximum Gasteiger partial charge on any atom is 0.191 e. The van der Waals surface area contributed by atoms with Crippen LogP contribution in [0.15, 0.2) is 59.4 Å². The number of aromatic nitrogens is 3. The van der Waals surface area contributed by atoms with E-state index in [1.54, 1.807) is 29.3 Å². The smallest absolute Gasteiger partial charge is 0.191 e. The fourth-order valence-electron chi connectivity index (χ4n) is 2.54. The molecule has 3 aromatic rings. The molecule has 7 nitrogen and oxygen atoms in total. The van der Waals surface area contributed by atoms with Gasteiger partial charge in [-0.2, -0.15) is 5.10 Å². The predicted molar refractivity (Wildman–Crippen MR) is 108 cm³/mol. The number of rotatable bonds is 7. The summed E-state index contributed by atoms with van der Waals surface area (Å²) in [5.74, 6) is 0.676. The Morgan fingerprint density at radius 3 is 2.70 bits per heavy atom. The SMILES string of the molecule is CCNC(=NCc1ccc(-n2cncn2)cc1)NCC(C)(O)c1cccs1. The molecule has 1 aromatic carbocycles. The average molecular weight is 385 g/mol. The maximum atomic E-state index is 10.6. The zero-order valence-electron chi connectivity index (χ0n) is 15.5. The summed E-state index contributed by atoms with van der Waals surface area (Å²) in [7, 11) is 0. The van der Waals surface area contributed by atoms with E-state index in [2.05, 4.69) is 25.7 Å². The van der Waals surface area contributed by atoms with E-state index in [0.29, 0.717) is 19.0 Å². The van der Waals surface area contributed by atoms with Crippen molar-refractivity contribution in [3.05, 3.63) is 64.9 Å². The Labute approximate surface area is 162 Å². The predicted octanol–water partition coefficient (Wildman–Crippen LogP) is 2.29. The zero-order chi connectivity index (χ0) is 19.1. The molecule has 0 aliphatic carbocycles. The van der Waals surface area contributed by atoms with Crippen LogP contribution in [0, 0.1) is 0 Å². The number of thiophene rings is 1. The standard InChI is InChI=1S/C19H24N6OS/c1-3-21-18(23-12-19(2,26)17-5-4-10-27-17)22-11-15-6-8-16(9-7-15)25-14-20-13-24-25/h4-10,13-14,26H,3,11-12H2,1-2H3,(H2,21,22,23). The highest BCUT2D eigenvalue weighted by atomic mass is 32.1. The first-order chi connectivity index (χ1) is 13.1. The van der Waals surface area contributed by atoms with Gasteiger partial charge < -0.3 is 15.7 Å². The molecule has 8 heteroatoms. The van der Waals surface area contributed by atoms with E-state index in [9.17, 15) is 5.11 Å². The second-order valence-electron chi connectivity index (χ2n) is 6.31. The van der Waals surface area contributed by atoms with Crippen LogP contribution in [0.3, 0.4) is 0 Å². The summed E-state index contributed by atoms with van der Waals surface area (Å²) in [6.07, 6.45) is 3.18. The molecule has 2 aromatic heterocycles. The van der Waals surface area contributed by atoms with Gasteiger partial charge in [0.05, 0.1) is 18.8 Å². The van der Waals surface area contributed by atoms with E-state index in [1.165, 1.54) is 6.33 Å². The van der Waals surface area contributed by atoms with Crippen LogP contribution in [0.1, 0.15) is 24.3 Å². The number of hydrogen-bond acceptors (Lipinski definition) is 5. The van der Waals surface area contributed by atoms with Gasteiger partial charge in [0.25, 0.3) is 0 Å². The average Bonchev–Trinajstić information content (AvgIpc) is 3.39. The largest absolute Gasteiger partial charge is 0.383 e. The van der Waals surface area contributed by atoms with E-state index >= 15 is 0 Å². The lowest BCUT2D eigenvalue weighted by Gasteiger charge is -2.23. The van der Waals surface area contributed by atoms with Crippen LogP contribution in [0.5, 0.6) is 0 Å². The molecular weight excluding hydrogens is 360 g/mol. The molecule has 0 aliphatic rings. The summed E-state index contributed by atoms with van der Waals surface area (Å²) in [5, 5.41) is 23.2. The number of hydrogen-bond donors (Lipinski definition) is 3. The van der Waals surface area contributed by atoms with Crippen molar-refractivity contribution in [2.75, 3.05) is 13.1 Å². The lowest BCUT2D eigenvalue weighted by Crippen LogP contribution is -2.44. The Kier molecular flexibility index (Phi) is 6.20. The Hall–Kier alpha value is -2.71. The molecule has 2 heterocycles. The van der Waals surface area contributed by atoms with Gasteiger partial charge in [-0.15, -0.1) is 11.3 Å². The van der Waals surface area contributed by atoms with Crippen LogP contribution < -0.4 is 10.6 Å². The van der Waals surface area contributed by atoms with E-state index < -0.39 is 5.60 Å². The van der Waals surface area contributed by atoms with Crippen LogP contribution in [0.25, 0.3) is 5.69 Å². The lowest BCUT2D eigenvalue weighted by atomic mass is 10.1. The van der Waals surface area contributed by atoms with Crippen molar-refractivity contribution in [2.24, 2.45) is 4.99 Å². The molecule has 142 valence electrons. The van der Waals surface area contributed by atoms with Crippen LogP contribution in [0.2, 0.25) is 0 Å². The van der Waals surface area contributed by atoms with E-state index in [1.807, 2.05) is 48.7 Å².